The number of rotatable bonds is 1. The molecule has 1 aromatic heterocycles. The first kappa shape index (κ1) is 8.91. The van der Waals surface area contributed by atoms with Gasteiger partial charge in [-0.3, -0.25) is 0 Å². The van der Waals surface area contributed by atoms with Gasteiger partial charge in [0.05, 0.1) is 26.2 Å². The number of hydrogen-bond acceptors (Lipinski definition) is 4. The molecule has 0 aromatic carbocycles. The van der Waals surface area contributed by atoms with Gasteiger partial charge in [0.2, 0.25) is 0 Å². The van der Waals surface area contributed by atoms with E-state index in [4.69, 9.17) is 5.26 Å². The summed E-state index contributed by atoms with van der Waals surface area (Å²) in [6.45, 7) is 3.99. The number of hydrogen-bond donors (Lipinski definition) is 1. The molecule has 5 heteroatoms. The van der Waals surface area contributed by atoms with Gasteiger partial charge in [-0.2, -0.15) is 5.26 Å². The largest absolute Gasteiger partial charge is 0.343 e. The molecule has 1 aliphatic rings. The van der Waals surface area contributed by atoms with Crippen LogP contribution in [0.1, 0.15) is 5.69 Å². The topological polar surface area (TPSA) is 69.4 Å². The predicted molar refractivity (Wildman–Crippen MR) is 50.6 cm³/mol. The maximum absolute atomic E-state index is 8.86. The van der Waals surface area contributed by atoms with Crippen LogP contribution in [-0.2, 0) is 0 Å². The quantitative estimate of drug-likeness (QED) is 0.599. The Balaban J connectivity index is 2.26. The molecular weight excluding hydrogens is 178 g/mol. The van der Waals surface area contributed by atoms with E-state index in [1.165, 1.54) is 0 Å². The Morgan fingerprint density at radius 2 is 2.00 bits per heavy atom. The smallest absolute Gasteiger partial charge is 0.183 e. The molecule has 72 valence electrons. The highest BCUT2D eigenvalue weighted by Gasteiger charge is 2.17. The first-order valence-corrected chi connectivity index (χ1v) is 4.69. The minimum atomic E-state index is 0.425. The highest BCUT2D eigenvalue weighted by molar-refractivity contribution is 5.49. The lowest BCUT2D eigenvalue weighted by Crippen LogP contribution is -2.89. The van der Waals surface area contributed by atoms with E-state index in [0.717, 1.165) is 32.0 Å². The maximum Gasteiger partial charge on any atom is 0.183 e. The van der Waals surface area contributed by atoms with Crippen LogP contribution in [-0.4, -0.2) is 36.1 Å². The van der Waals surface area contributed by atoms with Crippen molar-refractivity contribution in [2.75, 3.05) is 31.1 Å². The second kappa shape index (κ2) is 4.03. The molecule has 1 fully saturated rings. The third kappa shape index (κ3) is 1.65. The minimum Gasteiger partial charge on any atom is -0.343 e. The fourth-order valence-electron chi connectivity index (χ4n) is 1.60. The molecule has 0 amide bonds. The average Bonchev–Trinajstić information content (AvgIpc) is 2.30. The highest BCUT2D eigenvalue weighted by atomic mass is 15.2. The summed E-state index contributed by atoms with van der Waals surface area (Å²) in [4.78, 5) is 10.3. The van der Waals surface area contributed by atoms with Crippen molar-refractivity contribution in [3.05, 3.63) is 18.1 Å². The van der Waals surface area contributed by atoms with E-state index in [2.05, 4.69) is 26.3 Å². The van der Waals surface area contributed by atoms with Crippen molar-refractivity contribution in [2.45, 2.75) is 0 Å². The molecule has 1 aromatic rings. The lowest BCUT2D eigenvalue weighted by Gasteiger charge is -2.26. The van der Waals surface area contributed by atoms with Crippen LogP contribution >= 0.6 is 0 Å². The van der Waals surface area contributed by atoms with Crippen molar-refractivity contribution < 1.29 is 5.32 Å². The molecule has 0 bridgehead atoms. The predicted octanol–water partition coefficient (Wildman–Crippen LogP) is -1.27. The highest BCUT2D eigenvalue weighted by Crippen LogP contribution is 2.12. The van der Waals surface area contributed by atoms with Gasteiger partial charge in [-0.05, 0) is 0 Å². The Morgan fingerprint density at radius 1 is 1.29 bits per heavy atom. The van der Waals surface area contributed by atoms with Crippen LogP contribution in [0.4, 0.5) is 5.82 Å². The Kier molecular flexibility index (Phi) is 2.56. The Labute approximate surface area is 82.4 Å². The van der Waals surface area contributed by atoms with E-state index >= 15 is 0 Å². The zero-order valence-electron chi connectivity index (χ0n) is 7.85. The SMILES string of the molecule is N#Cc1nccnc1N1CC[NH2+]CC1. The number of quaternary nitrogens is 1. The minimum absolute atomic E-state index is 0.425. The van der Waals surface area contributed by atoms with Crippen LogP contribution in [0.5, 0.6) is 0 Å². The molecule has 5 nitrogen and oxygen atoms in total. The first-order valence-electron chi connectivity index (χ1n) is 4.69. The summed E-state index contributed by atoms with van der Waals surface area (Å²) < 4.78 is 0. The molecule has 0 atom stereocenters. The van der Waals surface area contributed by atoms with Crippen LogP contribution in [0.15, 0.2) is 12.4 Å². The number of nitrogens with zero attached hydrogens (tertiary/aromatic N) is 4. The maximum atomic E-state index is 8.86. The fourth-order valence-corrected chi connectivity index (χ4v) is 1.60. The van der Waals surface area contributed by atoms with E-state index in [1.54, 1.807) is 12.4 Å². The third-order valence-electron chi connectivity index (χ3n) is 2.29. The lowest BCUT2D eigenvalue weighted by atomic mass is 10.3. The van der Waals surface area contributed by atoms with Crippen LogP contribution in [0.25, 0.3) is 0 Å². The number of piperazine rings is 1. The number of nitriles is 1. The molecule has 14 heavy (non-hydrogen) atoms. The average molecular weight is 190 g/mol. The summed E-state index contributed by atoms with van der Waals surface area (Å²) in [5.74, 6) is 0.725. The van der Waals surface area contributed by atoms with Crippen molar-refractivity contribution in [2.24, 2.45) is 0 Å². The molecule has 1 aliphatic heterocycles. The van der Waals surface area contributed by atoms with E-state index in [1.807, 2.05) is 0 Å². The van der Waals surface area contributed by atoms with Gasteiger partial charge >= 0.3 is 0 Å². The molecule has 0 radical (unpaired) electrons. The fraction of sp³-hybridized carbons (Fsp3) is 0.444. The van der Waals surface area contributed by atoms with Crippen LogP contribution in [0.3, 0.4) is 0 Å². The Morgan fingerprint density at radius 3 is 2.71 bits per heavy atom. The molecule has 1 saturated heterocycles. The van der Waals surface area contributed by atoms with Crippen molar-refractivity contribution in [1.29, 1.82) is 5.26 Å². The second-order valence-electron chi connectivity index (χ2n) is 3.19. The summed E-state index contributed by atoms with van der Waals surface area (Å²) in [5, 5.41) is 11.1. The van der Waals surface area contributed by atoms with Crippen LogP contribution < -0.4 is 10.2 Å². The van der Waals surface area contributed by atoms with Gasteiger partial charge in [-0.15, -0.1) is 0 Å². The van der Waals surface area contributed by atoms with Crippen molar-refractivity contribution >= 4 is 5.82 Å². The molecule has 0 aliphatic carbocycles. The van der Waals surface area contributed by atoms with Crippen LogP contribution in [0, 0.1) is 11.3 Å². The summed E-state index contributed by atoms with van der Waals surface area (Å²) in [7, 11) is 0. The number of aromatic nitrogens is 2. The van der Waals surface area contributed by atoms with Gasteiger partial charge in [-0.25, -0.2) is 9.97 Å². The normalized spacial score (nSPS) is 16.4. The molecular formula is C9H12N5+. The van der Waals surface area contributed by atoms with Crippen molar-refractivity contribution in [3.63, 3.8) is 0 Å². The van der Waals surface area contributed by atoms with Gasteiger partial charge in [0.1, 0.15) is 6.07 Å². The molecule has 0 spiro atoms. The van der Waals surface area contributed by atoms with Gasteiger partial charge in [-0.1, -0.05) is 0 Å². The molecule has 2 rings (SSSR count). The van der Waals surface area contributed by atoms with Crippen molar-refractivity contribution in [3.8, 4) is 6.07 Å². The van der Waals surface area contributed by atoms with E-state index in [9.17, 15) is 0 Å². The lowest BCUT2D eigenvalue weighted by molar-refractivity contribution is -0.655. The third-order valence-corrected chi connectivity index (χ3v) is 2.29. The molecule has 0 saturated carbocycles. The molecule has 2 N–H and O–H groups in total. The number of anilines is 1. The van der Waals surface area contributed by atoms with Crippen molar-refractivity contribution in [1.82, 2.24) is 9.97 Å². The zero-order chi connectivity index (χ0) is 9.80. The Bertz CT molecular complexity index is 350. The molecule has 0 unspecified atom stereocenters. The van der Waals surface area contributed by atoms with E-state index in [0.29, 0.717) is 5.69 Å². The summed E-state index contributed by atoms with van der Waals surface area (Å²) in [5.41, 5.74) is 0.425. The van der Waals surface area contributed by atoms with Gasteiger partial charge in [0.15, 0.2) is 11.5 Å². The van der Waals surface area contributed by atoms with E-state index < -0.39 is 0 Å². The standard InChI is InChI=1S/C9H11N5/c10-7-8-9(13-2-1-12-8)14-5-3-11-4-6-14/h1-2,11H,3-6H2/p+1. The zero-order valence-corrected chi connectivity index (χ0v) is 7.85. The first-order chi connectivity index (χ1) is 6.92. The monoisotopic (exact) mass is 190 g/mol. The summed E-state index contributed by atoms with van der Waals surface area (Å²) >= 11 is 0. The van der Waals surface area contributed by atoms with Gasteiger partial charge < -0.3 is 10.2 Å². The number of nitrogens with two attached hydrogens (primary N) is 1. The summed E-state index contributed by atoms with van der Waals surface area (Å²) in [6, 6.07) is 2.07. The van der Waals surface area contributed by atoms with Gasteiger partial charge in [0, 0.05) is 12.4 Å². The van der Waals surface area contributed by atoms with E-state index in [-0.39, 0.29) is 0 Å². The van der Waals surface area contributed by atoms with Crippen LogP contribution in [0.2, 0.25) is 0 Å². The second-order valence-corrected chi connectivity index (χ2v) is 3.19. The summed E-state index contributed by atoms with van der Waals surface area (Å²) in [6.07, 6.45) is 3.19. The molecule has 2 heterocycles. The van der Waals surface area contributed by atoms with Gasteiger partial charge in [0.25, 0.3) is 0 Å². The Hall–Kier alpha value is -1.67.